The summed E-state index contributed by atoms with van der Waals surface area (Å²) in [6.07, 6.45) is 3.59. The highest BCUT2D eigenvalue weighted by molar-refractivity contribution is 5.37. The van der Waals surface area contributed by atoms with Gasteiger partial charge in [0.15, 0.2) is 0 Å². The molecule has 2 unspecified atom stereocenters. The van der Waals surface area contributed by atoms with Gasteiger partial charge in [-0.15, -0.1) is 0 Å². The third-order valence-corrected chi connectivity index (χ3v) is 3.86. The molecular weight excluding hydrogens is 214 g/mol. The van der Waals surface area contributed by atoms with Crippen molar-refractivity contribution in [2.24, 2.45) is 0 Å². The molecule has 2 atom stereocenters. The van der Waals surface area contributed by atoms with Gasteiger partial charge in [-0.25, -0.2) is 0 Å². The molecule has 0 amide bonds. The quantitative estimate of drug-likeness (QED) is 0.857. The predicted molar refractivity (Wildman–Crippen MR) is 66.2 cm³/mol. The summed E-state index contributed by atoms with van der Waals surface area (Å²) in [4.78, 5) is 2.37. The van der Waals surface area contributed by atoms with E-state index in [2.05, 4.69) is 17.0 Å². The average molecular weight is 233 g/mol. The summed E-state index contributed by atoms with van der Waals surface area (Å²) in [6, 6.07) is 8.62. The molecule has 2 aliphatic rings. The molecule has 17 heavy (non-hydrogen) atoms. The van der Waals surface area contributed by atoms with Crippen LogP contribution < -0.4 is 4.74 Å². The predicted octanol–water partition coefficient (Wildman–Crippen LogP) is 1.45. The smallest absolute Gasteiger partial charge is 0.123 e. The highest BCUT2D eigenvalue weighted by Crippen LogP contribution is 2.29. The Morgan fingerprint density at radius 1 is 1.35 bits per heavy atom. The summed E-state index contributed by atoms with van der Waals surface area (Å²) in [5.41, 5.74) is 1.32. The monoisotopic (exact) mass is 233 g/mol. The molecule has 2 aliphatic heterocycles. The second-order valence-electron chi connectivity index (χ2n) is 5.03. The van der Waals surface area contributed by atoms with Crippen molar-refractivity contribution in [3.05, 3.63) is 29.8 Å². The highest BCUT2D eigenvalue weighted by Gasteiger charge is 2.29. The number of nitrogens with zero attached hydrogens (tertiary/aromatic N) is 1. The second-order valence-corrected chi connectivity index (χ2v) is 5.03. The van der Waals surface area contributed by atoms with E-state index >= 15 is 0 Å². The largest absolute Gasteiger partial charge is 0.488 e. The number of ether oxygens (including phenoxy) is 1. The molecule has 1 fully saturated rings. The van der Waals surface area contributed by atoms with Gasteiger partial charge in [0.1, 0.15) is 11.9 Å². The lowest BCUT2D eigenvalue weighted by Gasteiger charge is -2.25. The zero-order valence-electron chi connectivity index (χ0n) is 10.0. The normalized spacial score (nSPS) is 28.1. The van der Waals surface area contributed by atoms with Gasteiger partial charge in [0.2, 0.25) is 0 Å². The summed E-state index contributed by atoms with van der Waals surface area (Å²) in [6.45, 7) is 2.32. The number of para-hydroxylation sites is 1. The van der Waals surface area contributed by atoms with Crippen molar-refractivity contribution >= 4 is 0 Å². The molecule has 3 heteroatoms. The van der Waals surface area contributed by atoms with Crippen molar-refractivity contribution in [1.29, 1.82) is 0 Å². The first-order valence-electron chi connectivity index (χ1n) is 6.46. The lowest BCUT2D eigenvalue weighted by Crippen LogP contribution is -2.39. The Hall–Kier alpha value is -1.06. The number of aliphatic hydroxyl groups is 1. The zero-order valence-corrected chi connectivity index (χ0v) is 10.0. The Labute approximate surface area is 102 Å². The van der Waals surface area contributed by atoms with Crippen LogP contribution in [0.5, 0.6) is 5.75 Å². The van der Waals surface area contributed by atoms with E-state index in [9.17, 15) is 5.11 Å². The van der Waals surface area contributed by atoms with Crippen molar-refractivity contribution in [3.8, 4) is 5.75 Å². The summed E-state index contributed by atoms with van der Waals surface area (Å²) >= 11 is 0. The minimum atomic E-state index is 0.263. The molecule has 3 rings (SSSR count). The molecule has 0 radical (unpaired) electrons. The van der Waals surface area contributed by atoms with Crippen LogP contribution in [0, 0.1) is 0 Å². The van der Waals surface area contributed by atoms with Crippen LogP contribution in [0.3, 0.4) is 0 Å². The van der Waals surface area contributed by atoms with Crippen LogP contribution in [0.1, 0.15) is 18.4 Å². The topological polar surface area (TPSA) is 32.7 Å². The van der Waals surface area contributed by atoms with Crippen LogP contribution in [-0.4, -0.2) is 41.8 Å². The molecule has 0 aliphatic carbocycles. The lowest BCUT2D eigenvalue weighted by molar-refractivity contribution is 0.109. The third kappa shape index (κ3) is 2.17. The summed E-state index contributed by atoms with van der Waals surface area (Å²) in [5, 5.41) is 9.30. The molecule has 3 nitrogen and oxygen atoms in total. The first kappa shape index (κ1) is 11.1. The van der Waals surface area contributed by atoms with E-state index in [1.54, 1.807) is 0 Å². The van der Waals surface area contributed by atoms with Crippen LogP contribution in [-0.2, 0) is 6.42 Å². The van der Waals surface area contributed by atoms with Gasteiger partial charge in [0.05, 0.1) is 6.61 Å². The zero-order chi connectivity index (χ0) is 11.7. The van der Waals surface area contributed by atoms with Gasteiger partial charge in [0.25, 0.3) is 0 Å². The van der Waals surface area contributed by atoms with Gasteiger partial charge in [0, 0.05) is 19.0 Å². The molecule has 0 aromatic heterocycles. The van der Waals surface area contributed by atoms with Crippen LogP contribution >= 0.6 is 0 Å². The van der Waals surface area contributed by atoms with E-state index in [0.717, 1.165) is 31.7 Å². The number of rotatable bonds is 3. The molecule has 92 valence electrons. The Balaban J connectivity index is 1.62. The van der Waals surface area contributed by atoms with Crippen LogP contribution in [0.15, 0.2) is 24.3 Å². The Bertz CT molecular complexity index is 369. The van der Waals surface area contributed by atoms with Gasteiger partial charge in [-0.05, 0) is 31.0 Å². The van der Waals surface area contributed by atoms with Gasteiger partial charge >= 0.3 is 0 Å². The van der Waals surface area contributed by atoms with Crippen LogP contribution in [0.4, 0.5) is 0 Å². The Morgan fingerprint density at radius 2 is 2.24 bits per heavy atom. The molecular formula is C14H19NO2. The van der Waals surface area contributed by atoms with E-state index in [1.807, 2.05) is 12.1 Å². The molecule has 1 N–H and O–H groups in total. The molecule has 0 saturated carbocycles. The fraction of sp³-hybridized carbons (Fsp3) is 0.571. The molecule has 1 saturated heterocycles. The molecule has 2 heterocycles. The first-order chi connectivity index (χ1) is 8.36. The van der Waals surface area contributed by atoms with Crippen LogP contribution in [0.2, 0.25) is 0 Å². The van der Waals surface area contributed by atoms with Gasteiger partial charge < -0.3 is 9.84 Å². The van der Waals surface area contributed by atoms with Gasteiger partial charge in [-0.2, -0.15) is 0 Å². The number of aliphatic hydroxyl groups excluding tert-OH is 1. The molecule has 0 spiro atoms. The van der Waals surface area contributed by atoms with Crippen molar-refractivity contribution in [1.82, 2.24) is 4.90 Å². The second kappa shape index (κ2) is 4.67. The van der Waals surface area contributed by atoms with E-state index in [0.29, 0.717) is 6.04 Å². The van der Waals surface area contributed by atoms with E-state index in [4.69, 9.17) is 4.74 Å². The van der Waals surface area contributed by atoms with Crippen molar-refractivity contribution < 1.29 is 9.84 Å². The number of hydrogen-bond donors (Lipinski definition) is 1. The van der Waals surface area contributed by atoms with E-state index in [-0.39, 0.29) is 12.7 Å². The van der Waals surface area contributed by atoms with E-state index in [1.165, 1.54) is 12.0 Å². The first-order valence-corrected chi connectivity index (χ1v) is 6.46. The maximum absolute atomic E-state index is 9.30. The average Bonchev–Trinajstić information content (AvgIpc) is 2.94. The lowest BCUT2D eigenvalue weighted by atomic mass is 10.1. The van der Waals surface area contributed by atoms with Gasteiger partial charge in [-0.3, -0.25) is 4.90 Å². The van der Waals surface area contributed by atoms with E-state index < -0.39 is 0 Å². The van der Waals surface area contributed by atoms with Crippen molar-refractivity contribution in [2.75, 3.05) is 19.7 Å². The number of benzene rings is 1. The Morgan fingerprint density at radius 3 is 3.06 bits per heavy atom. The summed E-state index contributed by atoms with van der Waals surface area (Å²) in [5.74, 6) is 1.04. The molecule has 0 bridgehead atoms. The number of fused-ring (bicyclic) bond motifs is 1. The fourth-order valence-electron chi connectivity index (χ4n) is 2.96. The van der Waals surface area contributed by atoms with Crippen molar-refractivity contribution in [2.45, 2.75) is 31.4 Å². The van der Waals surface area contributed by atoms with Crippen molar-refractivity contribution in [3.63, 3.8) is 0 Å². The SMILES string of the molecule is OCC1CCCN1CC1Cc2ccccc2O1. The van der Waals surface area contributed by atoms with Gasteiger partial charge in [-0.1, -0.05) is 18.2 Å². The summed E-state index contributed by atoms with van der Waals surface area (Å²) in [7, 11) is 0. The molecule has 1 aromatic rings. The third-order valence-electron chi connectivity index (χ3n) is 3.86. The Kier molecular flexibility index (Phi) is 3.04. The fourth-order valence-corrected chi connectivity index (χ4v) is 2.96. The maximum Gasteiger partial charge on any atom is 0.123 e. The molecule has 1 aromatic carbocycles. The summed E-state index contributed by atoms with van der Waals surface area (Å²) < 4.78 is 5.94. The minimum Gasteiger partial charge on any atom is -0.488 e. The minimum absolute atomic E-state index is 0.263. The highest BCUT2D eigenvalue weighted by atomic mass is 16.5. The number of hydrogen-bond acceptors (Lipinski definition) is 3. The number of likely N-dealkylation sites (tertiary alicyclic amines) is 1. The maximum atomic E-state index is 9.30. The van der Waals surface area contributed by atoms with Crippen LogP contribution in [0.25, 0.3) is 0 Å². The standard InChI is InChI=1S/C14H19NO2/c16-10-12-5-3-7-15(12)9-13-8-11-4-1-2-6-14(11)17-13/h1-2,4,6,12-13,16H,3,5,7-10H2.